The summed E-state index contributed by atoms with van der Waals surface area (Å²) in [6, 6.07) is 6.25. The quantitative estimate of drug-likeness (QED) is 0.795. The fraction of sp³-hybridized carbons (Fsp3) is 0.286. The maximum absolute atomic E-state index is 13.1. The lowest BCUT2D eigenvalue weighted by Gasteiger charge is -2.08. The predicted molar refractivity (Wildman–Crippen MR) is 68.4 cm³/mol. The number of aryl methyl sites for hydroxylation is 1. The number of imidazole rings is 1. The van der Waals surface area contributed by atoms with Crippen LogP contribution in [0.1, 0.15) is 28.7 Å². The van der Waals surface area contributed by atoms with Gasteiger partial charge in [0.05, 0.1) is 18.6 Å². The van der Waals surface area contributed by atoms with E-state index >= 15 is 0 Å². The van der Waals surface area contributed by atoms with Crippen molar-refractivity contribution < 1.29 is 13.9 Å². The van der Waals surface area contributed by atoms with Crippen LogP contribution in [0.5, 0.6) is 0 Å². The standard InChI is InChI=1S/C14H15FN2O2/c1-3-19-14(18)13-10(2)16-9-17(13)8-11-5-4-6-12(15)7-11/h4-7,9H,3,8H2,1-2H3. The van der Waals surface area contributed by atoms with Crippen LogP contribution in [0.4, 0.5) is 4.39 Å². The van der Waals surface area contributed by atoms with Crippen LogP contribution < -0.4 is 0 Å². The van der Waals surface area contributed by atoms with E-state index in [2.05, 4.69) is 4.98 Å². The zero-order chi connectivity index (χ0) is 13.8. The molecule has 1 heterocycles. The Morgan fingerprint density at radius 2 is 2.26 bits per heavy atom. The SMILES string of the molecule is CCOC(=O)c1c(C)ncn1Cc1cccc(F)c1. The average molecular weight is 262 g/mol. The third-order valence-electron chi connectivity index (χ3n) is 2.73. The number of esters is 1. The molecule has 5 heteroatoms. The Bertz CT molecular complexity index is 593. The van der Waals surface area contributed by atoms with E-state index in [1.807, 2.05) is 0 Å². The van der Waals surface area contributed by atoms with Gasteiger partial charge in [0.25, 0.3) is 0 Å². The minimum atomic E-state index is -0.408. The molecule has 0 spiro atoms. The molecule has 0 radical (unpaired) electrons. The normalized spacial score (nSPS) is 10.5. The first-order chi connectivity index (χ1) is 9.11. The molecule has 0 aliphatic heterocycles. The van der Waals surface area contributed by atoms with Gasteiger partial charge in [-0.25, -0.2) is 14.2 Å². The average Bonchev–Trinajstić information content (AvgIpc) is 2.71. The number of halogens is 1. The molecule has 0 saturated carbocycles. The summed E-state index contributed by atoms with van der Waals surface area (Å²) in [5, 5.41) is 0. The van der Waals surface area contributed by atoms with E-state index in [1.165, 1.54) is 12.1 Å². The maximum Gasteiger partial charge on any atom is 0.356 e. The van der Waals surface area contributed by atoms with Crippen LogP contribution in [0, 0.1) is 12.7 Å². The van der Waals surface area contributed by atoms with Crippen molar-refractivity contribution in [3.63, 3.8) is 0 Å². The molecule has 0 amide bonds. The molecule has 0 unspecified atom stereocenters. The second-order valence-corrected chi connectivity index (χ2v) is 4.16. The van der Waals surface area contributed by atoms with Gasteiger partial charge in [-0.15, -0.1) is 0 Å². The smallest absolute Gasteiger partial charge is 0.356 e. The van der Waals surface area contributed by atoms with Crippen molar-refractivity contribution in [2.24, 2.45) is 0 Å². The van der Waals surface area contributed by atoms with Gasteiger partial charge in [-0.05, 0) is 31.5 Å². The topological polar surface area (TPSA) is 44.1 Å². The Balaban J connectivity index is 2.28. The largest absolute Gasteiger partial charge is 0.461 e. The van der Waals surface area contributed by atoms with Crippen molar-refractivity contribution in [3.8, 4) is 0 Å². The molecule has 0 N–H and O–H groups in total. The summed E-state index contributed by atoms with van der Waals surface area (Å²) in [6.07, 6.45) is 1.56. The van der Waals surface area contributed by atoms with E-state index in [1.54, 1.807) is 36.9 Å². The van der Waals surface area contributed by atoms with E-state index in [-0.39, 0.29) is 5.82 Å². The number of carbonyl (C=O) groups excluding carboxylic acids is 1. The van der Waals surface area contributed by atoms with E-state index in [0.717, 1.165) is 5.56 Å². The van der Waals surface area contributed by atoms with Crippen LogP contribution in [-0.4, -0.2) is 22.1 Å². The van der Waals surface area contributed by atoms with Crippen LogP contribution in [-0.2, 0) is 11.3 Å². The lowest BCUT2D eigenvalue weighted by atomic mass is 10.2. The number of rotatable bonds is 4. The number of benzene rings is 1. The summed E-state index contributed by atoms with van der Waals surface area (Å²) in [4.78, 5) is 16.0. The van der Waals surface area contributed by atoms with Gasteiger partial charge in [-0.3, -0.25) is 0 Å². The van der Waals surface area contributed by atoms with Crippen LogP contribution >= 0.6 is 0 Å². The number of hydrogen-bond acceptors (Lipinski definition) is 3. The third kappa shape index (κ3) is 2.99. The minimum absolute atomic E-state index is 0.299. The second kappa shape index (κ2) is 5.65. The van der Waals surface area contributed by atoms with Crippen molar-refractivity contribution in [3.05, 3.63) is 53.4 Å². The summed E-state index contributed by atoms with van der Waals surface area (Å²) in [5.74, 6) is -0.707. The van der Waals surface area contributed by atoms with Crippen molar-refractivity contribution in [1.82, 2.24) is 9.55 Å². The van der Waals surface area contributed by atoms with Crippen LogP contribution in [0.25, 0.3) is 0 Å². The van der Waals surface area contributed by atoms with E-state index in [4.69, 9.17) is 4.74 Å². The van der Waals surface area contributed by atoms with Gasteiger partial charge in [-0.1, -0.05) is 12.1 Å². The minimum Gasteiger partial charge on any atom is -0.461 e. The monoisotopic (exact) mass is 262 g/mol. The Kier molecular flexibility index (Phi) is 3.94. The molecule has 2 rings (SSSR count). The Morgan fingerprint density at radius 3 is 2.95 bits per heavy atom. The molecule has 100 valence electrons. The summed E-state index contributed by atoms with van der Waals surface area (Å²) >= 11 is 0. The van der Waals surface area contributed by atoms with E-state index < -0.39 is 5.97 Å². The Morgan fingerprint density at radius 1 is 1.47 bits per heavy atom. The zero-order valence-corrected chi connectivity index (χ0v) is 10.9. The predicted octanol–water partition coefficient (Wildman–Crippen LogP) is 2.56. The fourth-order valence-corrected chi connectivity index (χ4v) is 1.90. The molecule has 0 bridgehead atoms. The molecular weight excluding hydrogens is 247 g/mol. The van der Waals surface area contributed by atoms with Gasteiger partial charge >= 0.3 is 5.97 Å². The summed E-state index contributed by atoms with van der Waals surface area (Å²) in [7, 11) is 0. The van der Waals surface area contributed by atoms with Crippen molar-refractivity contribution in [1.29, 1.82) is 0 Å². The van der Waals surface area contributed by atoms with Crippen molar-refractivity contribution in [2.45, 2.75) is 20.4 Å². The summed E-state index contributed by atoms with van der Waals surface area (Å²) in [5.41, 5.74) is 1.78. The Hall–Kier alpha value is -2.17. The number of carbonyl (C=O) groups is 1. The first-order valence-electron chi connectivity index (χ1n) is 6.05. The lowest BCUT2D eigenvalue weighted by Crippen LogP contribution is -2.13. The van der Waals surface area contributed by atoms with Gasteiger partial charge < -0.3 is 9.30 Å². The number of hydrogen-bond donors (Lipinski definition) is 0. The molecule has 0 saturated heterocycles. The first-order valence-corrected chi connectivity index (χ1v) is 6.05. The zero-order valence-electron chi connectivity index (χ0n) is 10.9. The van der Waals surface area contributed by atoms with Gasteiger partial charge in [-0.2, -0.15) is 0 Å². The number of ether oxygens (including phenoxy) is 1. The molecule has 0 atom stereocenters. The molecule has 1 aromatic carbocycles. The maximum atomic E-state index is 13.1. The van der Waals surface area contributed by atoms with E-state index in [0.29, 0.717) is 24.5 Å². The van der Waals surface area contributed by atoms with Crippen molar-refractivity contribution in [2.75, 3.05) is 6.61 Å². The van der Waals surface area contributed by atoms with E-state index in [9.17, 15) is 9.18 Å². The second-order valence-electron chi connectivity index (χ2n) is 4.16. The highest BCUT2D eigenvalue weighted by atomic mass is 19.1. The highest BCUT2D eigenvalue weighted by molar-refractivity contribution is 5.88. The number of nitrogens with zero attached hydrogens (tertiary/aromatic N) is 2. The molecule has 4 nitrogen and oxygen atoms in total. The molecule has 0 fully saturated rings. The lowest BCUT2D eigenvalue weighted by molar-refractivity contribution is 0.0513. The van der Waals surface area contributed by atoms with Crippen molar-refractivity contribution >= 4 is 5.97 Å². The molecular formula is C14H15FN2O2. The Labute approximate surface area is 110 Å². The van der Waals surface area contributed by atoms with Crippen LogP contribution in [0.3, 0.4) is 0 Å². The first kappa shape index (κ1) is 13.3. The molecule has 19 heavy (non-hydrogen) atoms. The van der Waals surface area contributed by atoms with Gasteiger partial charge in [0.1, 0.15) is 5.82 Å². The molecule has 0 aliphatic carbocycles. The summed E-state index contributed by atoms with van der Waals surface area (Å²) < 4.78 is 19.8. The summed E-state index contributed by atoms with van der Waals surface area (Å²) in [6.45, 7) is 4.19. The number of aromatic nitrogens is 2. The third-order valence-corrected chi connectivity index (χ3v) is 2.73. The molecule has 0 aliphatic rings. The molecule has 2 aromatic rings. The van der Waals surface area contributed by atoms with Gasteiger partial charge in [0.15, 0.2) is 5.69 Å². The fourth-order valence-electron chi connectivity index (χ4n) is 1.90. The molecule has 1 aromatic heterocycles. The van der Waals surface area contributed by atoms with Gasteiger partial charge in [0.2, 0.25) is 0 Å². The van der Waals surface area contributed by atoms with Crippen LogP contribution in [0.15, 0.2) is 30.6 Å². The highest BCUT2D eigenvalue weighted by Crippen LogP contribution is 2.12. The van der Waals surface area contributed by atoms with Gasteiger partial charge in [0, 0.05) is 6.54 Å². The van der Waals surface area contributed by atoms with Crippen LogP contribution in [0.2, 0.25) is 0 Å². The highest BCUT2D eigenvalue weighted by Gasteiger charge is 2.17.